The Labute approximate surface area is 119 Å². The summed E-state index contributed by atoms with van der Waals surface area (Å²) in [6.45, 7) is 1.02. The summed E-state index contributed by atoms with van der Waals surface area (Å²) in [4.78, 5) is 43.0. The number of aromatic carboxylic acids is 1. The van der Waals surface area contributed by atoms with Gasteiger partial charge in [0.1, 0.15) is 12.4 Å². The molecule has 0 bridgehead atoms. The topological polar surface area (TPSA) is 124 Å². The highest BCUT2D eigenvalue weighted by atomic mass is 16.6. The summed E-state index contributed by atoms with van der Waals surface area (Å²) in [7, 11) is 0. The first kappa shape index (κ1) is 16.3. The maximum atomic E-state index is 11.3. The standard InChI is InChI=1S/C13H13NO7/c1-8(15)2-5-12(16)21-7-9-3-4-10(14(19)20)6-11(9)13(17)18/h3-4,6H,2,5,7H2,1H3,(H,17,18). The molecule has 1 aromatic carbocycles. The van der Waals surface area contributed by atoms with E-state index in [9.17, 15) is 24.5 Å². The summed E-state index contributed by atoms with van der Waals surface area (Å²) >= 11 is 0. The van der Waals surface area contributed by atoms with E-state index >= 15 is 0 Å². The number of rotatable bonds is 7. The number of ether oxygens (including phenoxy) is 1. The highest BCUT2D eigenvalue weighted by molar-refractivity contribution is 5.90. The van der Waals surface area contributed by atoms with Crippen LogP contribution in [0.15, 0.2) is 18.2 Å². The predicted octanol–water partition coefficient (Wildman–Crippen LogP) is 1.71. The van der Waals surface area contributed by atoms with Crippen LogP contribution in [0, 0.1) is 10.1 Å². The summed E-state index contributed by atoms with van der Waals surface area (Å²) in [6, 6.07) is 3.26. The number of non-ortho nitro benzene ring substituents is 1. The third kappa shape index (κ3) is 5.01. The van der Waals surface area contributed by atoms with Crippen molar-refractivity contribution in [2.75, 3.05) is 0 Å². The summed E-state index contributed by atoms with van der Waals surface area (Å²) in [5, 5.41) is 19.6. The molecule has 0 amide bonds. The Kier molecular flexibility index (Phi) is 5.53. The van der Waals surface area contributed by atoms with Crippen LogP contribution in [0.2, 0.25) is 0 Å². The van der Waals surface area contributed by atoms with Crippen molar-refractivity contribution >= 4 is 23.4 Å². The average Bonchev–Trinajstić information content (AvgIpc) is 2.42. The highest BCUT2D eigenvalue weighted by Crippen LogP contribution is 2.19. The molecule has 0 aromatic heterocycles. The van der Waals surface area contributed by atoms with E-state index in [4.69, 9.17) is 9.84 Å². The van der Waals surface area contributed by atoms with Crippen LogP contribution < -0.4 is 0 Å². The lowest BCUT2D eigenvalue weighted by Crippen LogP contribution is -2.10. The van der Waals surface area contributed by atoms with Crippen LogP contribution >= 0.6 is 0 Å². The van der Waals surface area contributed by atoms with Gasteiger partial charge in [-0.25, -0.2) is 4.79 Å². The monoisotopic (exact) mass is 295 g/mol. The van der Waals surface area contributed by atoms with E-state index in [1.54, 1.807) is 0 Å². The lowest BCUT2D eigenvalue weighted by Gasteiger charge is -2.07. The van der Waals surface area contributed by atoms with Crippen LogP contribution in [0.1, 0.15) is 35.7 Å². The van der Waals surface area contributed by atoms with Gasteiger partial charge in [-0.15, -0.1) is 0 Å². The van der Waals surface area contributed by atoms with Gasteiger partial charge in [0.25, 0.3) is 5.69 Å². The Balaban J connectivity index is 2.79. The first-order valence-electron chi connectivity index (χ1n) is 5.97. The molecule has 8 heteroatoms. The number of nitro benzene ring substituents is 1. The number of esters is 1. The van der Waals surface area contributed by atoms with Crippen LogP contribution in [0.4, 0.5) is 5.69 Å². The van der Waals surface area contributed by atoms with Gasteiger partial charge in [-0.05, 0) is 13.0 Å². The average molecular weight is 295 g/mol. The lowest BCUT2D eigenvalue weighted by atomic mass is 10.1. The minimum atomic E-state index is -1.35. The number of ketones is 1. The first-order chi connectivity index (χ1) is 9.81. The first-order valence-corrected chi connectivity index (χ1v) is 5.97. The molecule has 0 saturated heterocycles. The number of hydrogen-bond acceptors (Lipinski definition) is 6. The molecule has 0 aliphatic rings. The van der Waals surface area contributed by atoms with E-state index in [0.717, 1.165) is 12.1 Å². The van der Waals surface area contributed by atoms with Crippen molar-refractivity contribution in [2.24, 2.45) is 0 Å². The molecule has 0 atom stereocenters. The van der Waals surface area contributed by atoms with Gasteiger partial charge in [0.05, 0.1) is 16.9 Å². The van der Waals surface area contributed by atoms with E-state index < -0.39 is 16.9 Å². The van der Waals surface area contributed by atoms with Crippen molar-refractivity contribution in [1.29, 1.82) is 0 Å². The smallest absolute Gasteiger partial charge is 0.336 e. The Morgan fingerprint density at radius 2 is 1.95 bits per heavy atom. The van der Waals surface area contributed by atoms with Crippen molar-refractivity contribution in [2.45, 2.75) is 26.4 Å². The molecule has 1 aromatic rings. The number of hydrogen-bond donors (Lipinski definition) is 1. The molecule has 1 rings (SSSR count). The van der Waals surface area contributed by atoms with Gasteiger partial charge in [-0.1, -0.05) is 0 Å². The number of Topliss-reactive ketones (excluding diaryl/α,β-unsaturated/α-hetero) is 1. The van der Waals surface area contributed by atoms with Crippen molar-refractivity contribution < 1.29 is 29.2 Å². The van der Waals surface area contributed by atoms with Crippen LogP contribution in [-0.4, -0.2) is 27.8 Å². The second-order valence-electron chi connectivity index (χ2n) is 4.27. The number of nitro groups is 1. The molecule has 112 valence electrons. The minimum Gasteiger partial charge on any atom is -0.478 e. The quantitative estimate of drug-likeness (QED) is 0.461. The highest BCUT2D eigenvalue weighted by Gasteiger charge is 2.17. The van der Waals surface area contributed by atoms with E-state index in [-0.39, 0.29) is 42.0 Å². The second-order valence-corrected chi connectivity index (χ2v) is 4.27. The van der Waals surface area contributed by atoms with Gasteiger partial charge in [-0.2, -0.15) is 0 Å². The minimum absolute atomic E-state index is 0.0465. The molecular formula is C13H13NO7. The molecule has 1 N–H and O–H groups in total. The van der Waals surface area contributed by atoms with E-state index in [2.05, 4.69) is 0 Å². The maximum absolute atomic E-state index is 11.3. The van der Waals surface area contributed by atoms with Crippen molar-refractivity contribution in [3.63, 3.8) is 0 Å². The predicted molar refractivity (Wildman–Crippen MR) is 69.8 cm³/mol. The van der Waals surface area contributed by atoms with Gasteiger partial charge in [-0.3, -0.25) is 14.9 Å². The molecule has 0 aliphatic heterocycles. The molecule has 0 radical (unpaired) electrons. The number of nitrogens with zero attached hydrogens (tertiary/aromatic N) is 1. The molecule has 21 heavy (non-hydrogen) atoms. The number of carbonyl (C=O) groups is 3. The number of carbonyl (C=O) groups excluding carboxylic acids is 2. The number of benzene rings is 1. The molecule has 8 nitrogen and oxygen atoms in total. The van der Waals surface area contributed by atoms with Gasteiger partial charge in [0.2, 0.25) is 0 Å². The second kappa shape index (κ2) is 7.13. The molecule has 0 saturated carbocycles. The summed E-state index contributed by atoms with van der Waals surface area (Å²) in [5.41, 5.74) is -0.521. The normalized spacial score (nSPS) is 9.95. The van der Waals surface area contributed by atoms with Crippen molar-refractivity contribution in [1.82, 2.24) is 0 Å². The fraction of sp³-hybridized carbons (Fsp3) is 0.308. The van der Waals surface area contributed by atoms with Crippen LogP contribution in [0.25, 0.3) is 0 Å². The molecule has 0 fully saturated rings. The zero-order valence-corrected chi connectivity index (χ0v) is 11.2. The molecule has 0 aliphatic carbocycles. The van der Waals surface area contributed by atoms with Crippen LogP contribution in [0.5, 0.6) is 0 Å². The largest absolute Gasteiger partial charge is 0.478 e. The Morgan fingerprint density at radius 1 is 1.29 bits per heavy atom. The Bertz CT molecular complexity index is 594. The molecule has 0 unspecified atom stereocenters. The number of carboxylic acid groups (broad SMARTS) is 1. The maximum Gasteiger partial charge on any atom is 0.336 e. The molecule has 0 heterocycles. The summed E-state index contributed by atoms with van der Waals surface area (Å²) in [5.74, 6) is -2.15. The molecule has 0 spiro atoms. The Morgan fingerprint density at radius 3 is 2.48 bits per heavy atom. The van der Waals surface area contributed by atoms with Crippen molar-refractivity contribution in [3.8, 4) is 0 Å². The van der Waals surface area contributed by atoms with E-state index in [0.29, 0.717) is 0 Å². The van der Waals surface area contributed by atoms with Crippen LogP contribution in [-0.2, 0) is 20.9 Å². The summed E-state index contributed by atoms with van der Waals surface area (Å²) in [6.07, 6.45) is -0.0460. The zero-order chi connectivity index (χ0) is 16.0. The fourth-order valence-electron chi connectivity index (χ4n) is 1.51. The Hall–Kier alpha value is -2.77. The zero-order valence-electron chi connectivity index (χ0n) is 11.2. The van der Waals surface area contributed by atoms with Crippen molar-refractivity contribution in [3.05, 3.63) is 39.4 Å². The number of carboxylic acids is 1. The fourth-order valence-corrected chi connectivity index (χ4v) is 1.51. The third-order valence-corrected chi connectivity index (χ3v) is 2.60. The lowest BCUT2D eigenvalue weighted by molar-refractivity contribution is -0.384. The van der Waals surface area contributed by atoms with Gasteiger partial charge >= 0.3 is 11.9 Å². The van der Waals surface area contributed by atoms with Crippen LogP contribution in [0.3, 0.4) is 0 Å². The SMILES string of the molecule is CC(=O)CCC(=O)OCc1ccc([N+](=O)[O-])cc1C(=O)O. The van der Waals surface area contributed by atoms with Gasteiger partial charge in [0, 0.05) is 24.1 Å². The van der Waals surface area contributed by atoms with Gasteiger partial charge in [0.15, 0.2) is 0 Å². The van der Waals surface area contributed by atoms with E-state index in [1.165, 1.54) is 13.0 Å². The van der Waals surface area contributed by atoms with E-state index in [1.807, 2.05) is 0 Å². The van der Waals surface area contributed by atoms with Gasteiger partial charge < -0.3 is 14.6 Å². The summed E-state index contributed by atoms with van der Waals surface area (Å²) < 4.78 is 4.85. The third-order valence-electron chi connectivity index (χ3n) is 2.60. The molecular weight excluding hydrogens is 282 g/mol.